The van der Waals surface area contributed by atoms with E-state index in [-0.39, 0.29) is 22.6 Å². The number of benzene rings is 1. The maximum absolute atomic E-state index is 15.2. The van der Waals surface area contributed by atoms with Gasteiger partial charge in [0.05, 0.1) is 17.4 Å². The molecule has 0 atom stereocenters. The molecule has 2 aromatic heterocycles. The van der Waals surface area contributed by atoms with Gasteiger partial charge in [-0.3, -0.25) is 19.5 Å². The summed E-state index contributed by atoms with van der Waals surface area (Å²) in [6.07, 6.45) is 5.71. The van der Waals surface area contributed by atoms with Crippen LogP contribution in [0, 0.1) is 5.82 Å². The zero-order valence-electron chi connectivity index (χ0n) is 20.5. The Hall–Kier alpha value is -3.86. The van der Waals surface area contributed by atoms with Gasteiger partial charge >= 0.3 is 5.97 Å². The van der Waals surface area contributed by atoms with Crippen molar-refractivity contribution in [1.82, 2.24) is 24.8 Å². The smallest absolute Gasteiger partial charge is 0.341 e. The van der Waals surface area contributed by atoms with Gasteiger partial charge in [0.2, 0.25) is 5.43 Å². The first-order chi connectivity index (χ1) is 17.1. The van der Waals surface area contributed by atoms with E-state index in [1.165, 1.54) is 24.8 Å². The largest absolute Gasteiger partial charge is 0.477 e. The summed E-state index contributed by atoms with van der Waals surface area (Å²) >= 11 is 0. The van der Waals surface area contributed by atoms with E-state index in [0.29, 0.717) is 50.5 Å². The van der Waals surface area contributed by atoms with Crippen LogP contribution >= 0.6 is 0 Å². The van der Waals surface area contributed by atoms with Crippen molar-refractivity contribution in [3.63, 3.8) is 0 Å². The lowest BCUT2D eigenvalue weighted by Gasteiger charge is -2.36. The third kappa shape index (κ3) is 5.20. The minimum atomic E-state index is -1.34. The van der Waals surface area contributed by atoms with Gasteiger partial charge in [0.1, 0.15) is 17.1 Å². The predicted molar refractivity (Wildman–Crippen MR) is 133 cm³/mol. The van der Waals surface area contributed by atoms with Gasteiger partial charge in [-0.25, -0.2) is 14.2 Å². The molecule has 190 valence electrons. The van der Waals surface area contributed by atoms with Crippen molar-refractivity contribution in [2.24, 2.45) is 0 Å². The van der Waals surface area contributed by atoms with E-state index in [9.17, 15) is 19.5 Å². The third-order valence-electron chi connectivity index (χ3n) is 6.25. The molecule has 1 saturated heterocycles. The lowest BCUT2D eigenvalue weighted by atomic mass is 10.0. The van der Waals surface area contributed by atoms with Gasteiger partial charge < -0.3 is 19.9 Å². The summed E-state index contributed by atoms with van der Waals surface area (Å²) in [5.41, 5.74) is -0.485. The van der Waals surface area contributed by atoms with Gasteiger partial charge in [0.25, 0.3) is 5.91 Å². The number of nitrogens with zero attached hydrogens (tertiary/aromatic N) is 5. The summed E-state index contributed by atoms with van der Waals surface area (Å²) in [5.74, 6) is -2.18. The maximum Gasteiger partial charge on any atom is 0.341 e. The Morgan fingerprint density at radius 3 is 2.47 bits per heavy atom. The van der Waals surface area contributed by atoms with Gasteiger partial charge in [0, 0.05) is 68.8 Å². The van der Waals surface area contributed by atoms with Crippen molar-refractivity contribution in [3.8, 4) is 0 Å². The molecule has 3 aromatic rings. The highest BCUT2D eigenvalue weighted by atomic mass is 19.1. The molecule has 1 amide bonds. The van der Waals surface area contributed by atoms with E-state index < -0.39 is 22.8 Å². The number of piperazine rings is 1. The number of amides is 1. The summed E-state index contributed by atoms with van der Waals surface area (Å²) in [6.45, 7) is 9.24. The highest BCUT2D eigenvalue weighted by Gasteiger charge is 2.25. The molecule has 1 fully saturated rings. The zero-order chi connectivity index (χ0) is 26.0. The summed E-state index contributed by atoms with van der Waals surface area (Å²) in [4.78, 5) is 48.4. The van der Waals surface area contributed by atoms with Crippen molar-refractivity contribution in [2.75, 3.05) is 44.2 Å². The fourth-order valence-corrected chi connectivity index (χ4v) is 4.33. The quantitative estimate of drug-likeness (QED) is 0.531. The lowest BCUT2D eigenvalue weighted by Crippen LogP contribution is -2.48. The van der Waals surface area contributed by atoms with Crippen LogP contribution in [0.1, 0.15) is 41.6 Å². The Balaban J connectivity index is 1.48. The second kappa shape index (κ2) is 10.0. The Bertz CT molecular complexity index is 1340. The normalized spacial score (nSPS) is 14.7. The first kappa shape index (κ1) is 25.2. The molecule has 11 heteroatoms. The Morgan fingerprint density at radius 1 is 1.14 bits per heavy atom. The van der Waals surface area contributed by atoms with Gasteiger partial charge in [-0.1, -0.05) is 0 Å². The molecule has 1 aliphatic heterocycles. The molecule has 0 bridgehead atoms. The molecule has 10 nitrogen and oxygen atoms in total. The van der Waals surface area contributed by atoms with Crippen LogP contribution in [0.25, 0.3) is 10.9 Å². The fraction of sp³-hybridized carbons (Fsp3) is 0.400. The van der Waals surface area contributed by atoms with E-state index >= 15 is 4.39 Å². The van der Waals surface area contributed by atoms with Gasteiger partial charge in [-0.2, -0.15) is 0 Å². The molecule has 0 spiro atoms. The van der Waals surface area contributed by atoms with Crippen LogP contribution in [0.15, 0.2) is 41.7 Å². The number of hydrogen-bond acceptors (Lipinski definition) is 7. The Kier molecular flexibility index (Phi) is 7.02. The molecular formula is C25H29FN6O4. The number of aromatic nitrogens is 3. The second-order valence-corrected chi connectivity index (χ2v) is 9.71. The van der Waals surface area contributed by atoms with E-state index in [0.717, 1.165) is 6.07 Å². The average Bonchev–Trinajstić information content (AvgIpc) is 2.84. The van der Waals surface area contributed by atoms with Crippen molar-refractivity contribution >= 4 is 28.5 Å². The number of nitrogens with one attached hydrogen (secondary N) is 1. The van der Waals surface area contributed by atoms with E-state index in [2.05, 4.69) is 20.2 Å². The fourth-order valence-electron chi connectivity index (χ4n) is 4.33. The molecule has 2 N–H and O–H groups in total. The number of carbonyl (C=O) groups is 2. The third-order valence-corrected chi connectivity index (χ3v) is 6.25. The highest BCUT2D eigenvalue weighted by molar-refractivity contribution is 5.94. The first-order valence-corrected chi connectivity index (χ1v) is 11.7. The van der Waals surface area contributed by atoms with Gasteiger partial charge in [-0.15, -0.1) is 0 Å². The summed E-state index contributed by atoms with van der Waals surface area (Å²) in [6, 6.07) is 2.79. The molecule has 4 rings (SSSR count). The van der Waals surface area contributed by atoms with Crippen LogP contribution < -0.4 is 15.6 Å². The highest BCUT2D eigenvalue weighted by Crippen LogP contribution is 2.29. The van der Waals surface area contributed by atoms with Crippen LogP contribution in [0.5, 0.6) is 0 Å². The molecule has 0 aliphatic carbocycles. The van der Waals surface area contributed by atoms with Gasteiger partial charge in [0.15, 0.2) is 0 Å². The molecule has 0 unspecified atom stereocenters. The number of hydrogen-bond donors (Lipinski definition) is 2. The van der Waals surface area contributed by atoms with Crippen LogP contribution in [0.4, 0.5) is 10.1 Å². The number of halogens is 1. The lowest BCUT2D eigenvalue weighted by molar-refractivity contribution is 0.0694. The van der Waals surface area contributed by atoms with Crippen LogP contribution in [-0.2, 0) is 5.54 Å². The monoisotopic (exact) mass is 496 g/mol. The minimum Gasteiger partial charge on any atom is -0.477 e. The van der Waals surface area contributed by atoms with Crippen LogP contribution in [0.3, 0.4) is 0 Å². The van der Waals surface area contributed by atoms with Crippen molar-refractivity contribution in [2.45, 2.75) is 26.3 Å². The Labute approximate surface area is 207 Å². The number of fused-ring (bicyclic) bond motifs is 1. The zero-order valence-corrected chi connectivity index (χ0v) is 20.5. The topological polar surface area (TPSA) is 121 Å². The van der Waals surface area contributed by atoms with Crippen molar-refractivity contribution in [3.05, 3.63) is 64.2 Å². The minimum absolute atomic E-state index is 0.0450. The predicted octanol–water partition coefficient (Wildman–Crippen LogP) is 1.94. The summed E-state index contributed by atoms with van der Waals surface area (Å²) < 4.78 is 16.9. The number of anilines is 1. The van der Waals surface area contributed by atoms with E-state index in [1.807, 2.05) is 25.7 Å². The standard InChI is InChI=1S/C25H29FN6O4/c1-25(2,3)32-15-17(24(35)36)22(33)16-12-18(26)21(13-20(16)32)31-10-8-30(9-11-31)7-6-29-23(34)19-14-27-4-5-28-19/h4-5,12-15H,6-11H2,1-3H3,(H,29,34)(H,35,36). The summed E-state index contributed by atoms with van der Waals surface area (Å²) in [5, 5.41) is 12.3. The molecule has 0 radical (unpaired) electrons. The number of aromatic carboxylic acids is 1. The van der Waals surface area contributed by atoms with Crippen LogP contribution in [-0.4, -0.2) is 75.7 Å². The average molecular weight is 497 g/mol. The van der Waals surface area contributed by atoms with E-state index in [1.54, 1.807) is 10.6 Å². The molecule has 1 aromatic carbocycles. The molecular weight excluding hydrogens is 467 g/mol. The van der Waals surface area contributed by atoms with Crippen molar-refractivity contribution < 1.29 is 19.1 Å². The number of rotatable bonds is 6. The summed E-state index contributed by atoms with van der Waals surface area (Å²) in [7, 11) is 0. The number of pyridine rings is 1. The second-order valence-electron chi connectivity index (χ2n) is 9.71. The van der Waals surface area contributed by atoms with Crippen molar-refractivity contribution in [1.29, 1.82) is 0 Å². The Morgan fingerprint density at radius 2 is 1.86 bits per heavy atom. The molecule has 1 aliphatic rings. The first-order valence-electron chi connectivity index (χ1n) is 11.7. The molecule has 0 saturated carbocycles. The molecule has 3 heterocycles. The molecule has 36 heavy (non-hydrogen) atoms. The number of carboxylic acid groups (broad SMARTS) is 1. The SMILES string of the molecule is CC(C)(C)n1cc(C(=O)O)c(=O)c2cc(F)c(N3CCN(CCNC(=O)c4cnccn4)CC3)cc21. The maximum atomic E-state index is 15.2. The van der Waals surface area contributed by atoms with Crippen LogP contribution in [0.2, 0.25) is 0 Å². The number of carbonyl (C=O) groups excluding carboxylic acids is 1. The van der Waals surface area contributed by atoms with E-state index in [4.69, 9.17) is 0 Å². The van der Waals surface area contributed by atoms with Gasteiger partial charge in [-0.05, 0) is 32.9 Å². The number of carboxylic acids is 1.